The minimum Gasteiger partial charge on any atom is -0.381 e. The fraction of sp³-hybridized carbons (Fsp3) is 0.692. The van der Waals surface area contributed by atoms with Gasteiger partial charge in [0.25, 0.3) is 5.91 Å². The summed E-state index contributed by atoms with van der Waals surface area (Å²) in [6.45, 7) is 16.1. The first kappa shape index (κ1) is 42.3. The monoisotopic (exact) mass is 758 g/mol. The number of nitrogens with zero attached hydrogens (tertiary/aromatic N) is 2. The third-order valence-corrected chi connectivity index (χ3v) is 13.1. The highest BCUT2D eigenvalue weighted by Crippen LogP contribution is 2.35. The van der Waals surface area contributed by atoms with Crippen molar-refractivity contribution in [1.82, 2.24) is 30.5 Å². The van der Waals surface area contributed by atoms with Gasteiger partial charge in [0.15, 0.2) is 6.10 Å². The maximum Gasteiger partial charge on any atom is 0.315 e. The van der Waals surface area contributed by atoms with E-state index in [1.165, 1.54) is 10.4 Å². The lowest BCUT2D eigenvalue weighted by Crippen LogP contribution is -2.61. The van der Waals surface area contributed by atoms with Crippen molar-refractivity contribution in [2.45, 2.75) is 135 Å². The Hall–Kier alpha value is -3.49. The minimum atomic E-state index is -3.73. The van der Waals surface area contributed by atoms with Crippen molar-refractivity contribution < 1.29 is 32.7 Å². The normalized spacial score (nSPS) is 22.7. The summed E-state index contributed by atoms with van der Waals surface area (Å²) >= 11 is 0. The number of carbonyl (C=O) groups excluding carboxylic acids is 4. The Morgan fingerprint density at radius 2 is 1.70 bits per heavy atom. The van der Waals surface area contributed by atoms with Crippen molar-refractivity contribution in [2.24, 2.45) is 23.2 Å². The van der Waals surface area contributed by atoms with E-state index in [0.29, 0.717) is 31.4 Å². The van der Waals surface area contributed by atoms with Crippen molar-refractivity contribution in [3.05, 3.63) is 42.5 Å². The molecule has 2 fully saturated rings. The summed E-state index contributed by atoms with van der Waals surface area (Å²) in [6, 6.07) is 3.12. The Kier molecular flexibility index (Phi) is 14.5. The van der Waals surface area contributed by atoms with Crippen LogP contribution in [0.4, 0.5) is 4.79 Å². The van der Waals surface area contributed by atoms with Crippen LogP contribution in [0.2, 0.25) is 0 Å². The first-order valence-corrected chi connectivity index (χ1v) is 20.8. The van der Waals surface area contributed by atoms with E-state index >= 15 is 0 Å². The van der Waals surface area contributed by atoms with Crippen molar-refractivity contribution in [3.8, 4) is 0 Å². The standard InChI is InChI=1S/C39H62N6O7S/c1-8-15-29(34(46)36(48)40-21-9-2)41-35(47)33-28(25(3)4)20-22-45(33)37(49)32(26-16-11-10-12-17-26)43-38(50)42-31(39(5,6)7)24-44-23-27-18-13-14-19-30(27)53(44,51)52/h9,13-14,18-19,25-26,28-29,31-34,46H,2,8,10-12,15-17,20-24H2,1,3-7H3,(H,40,48)(H,41,47)(H2,42,43,50)/t28?,29?,31-,32+,33+,34?/m1/s1. The Bertz CT molecular complexity index is 1570. The number of aliphatic hydroxyl groups is 1. The molecule has 1 aromatic rings. The quantitative estimate of drug-likeness (QED) is 0.170. The second-order valence-electron chi connectivity index (χ2n) is 16.4. The van der Waals surface area contributed by atoms with Gasteiger partial charge in [0.2, 0.25) is 21.8 Å². The molecule has 5 N–H and O–H groups in total. The summed E-state index contributed by atoms with van der Waals surface area (Å²) < 4.78 is 28.2. The van der Waals surface area contributed by atoms with Crippen LogP contribution in [0.3, 0.4) is 0 Å². The topological polar surface area (TPSA) is 177 Å². The molecular weight excluding hydrogens is 697 g/mol. The molecule has 296 valence electrons. The smallest absolute Gasteiger partial charge is 0.315 e. The molecule has 2 aliphatic heterocycles. The van der Waals surface area contributed by atoms with E-state index in [2.05, 4.69) is 27.8 Å². The van der Waals surface area contributed by atoms with E-state index in [-0.39, 0.29) is 48.2 Å². The van der Waals surface area contributed by atoms with Gasteiger partial charge in [-0.3, -0.25) is 14.4 Å². The number of hydrogen-bond donors (Lipinski definition) is 5. The third-order valence-electron chi connectivity index (χ3n) is 11.2. The fourth-order valence-corrected chi connectivity index (χ4v) is 9.66. The number of nitrogens with one attached hydrogen (secondary N) is 4. The molecule has 0 radical (unpaired) electrons. The van der Waals surface area contributed by atoms with Gasteiger partial charge in [-0.15, -0.1) is 6.58 Å². The van der Waals surface area contributed by atoms with Crippen molar-refractivity contribution in [2.75, 3.05) is 19.6 Å². The number of carbonyl (C=O) groups is 4. The molecule has 2 heterocycles. The number of hydrogen-bond acceptors (Lipinski definition) is 7. The Balaban J connectivity index is 1.56. The molecular formula is C39H62N6O7S. The van der Waals surface area contributed by atoms with E-state index < -0.39 is 63.6 Å². The van der Waals surface area contributed by atoms with Crippen LogP contribution in [0.15, 0.2) is 41.8 Å². The number of amides is 5. The predicted octanol–water partition coefficient (Wildman–Crippen LogP) is 3.67. The summed E-state index contributed by atoms with van der Waals surface area (Å²) in [4.78, 5) is 57.3. The van der Waals surface area contributed by atoms with Crippen LogP contribution in [0.25, 0.3) is 0 Å². The molecule has 3 aliphatic rings. The van der Waals surface area contributed by atoms with Crippen LogP contribution in [0.1, 0.15) is 98.5 Å². The second-order valence-corrected chi connectivity index (χ2v) is 18.3. The molecule has 4 rings (SSSR count). The number of urea groups is 1. The van der Waals surface area contributed by atoms with Crippen molar-refractivity contribution >= 4 is 33.8 Å². The lowest BCUT2D eigenvalue weighted by molar-refractivity contribution is -0.143. The fourth-order valence-electron chi connectivity index (χ4n) is 8.02. The molecule has 0 aromatic heterocycles. The van der Waals surface area contributed by atoms with Gasteiger partial charge < -0.3 is 31.3 Å². The molecule has 53 heavy (non-hydrogen) atoms. The van der Waals surface area contributed by atoms with E-state index in [1.807, 2.05) is 47.6 Å². The van der Waals surface area contributed by atoms with Gasteiger partial charge in [-0.2, -0.15) is 4.31 Å². The van der Waals surface area contributed by atoms with Crippen LogP contribution in [-0.2, 0) is 31.0 Å². The first-order valence-electron chi connectivity index (χ1n) is 19.3. The third kappa shape index (κ3) is 10.2. The maximum atomic E-state index is 14.7. The van der Waals surface area contributed by atoms with E-state index in [4.69, 9.17) is 0 Å². The number of rotatable bonds is 15. The van der Waals surface area contributed by atoms with Crippen molar-refractivity contribution in [1.29, 1.82) is 0 Å². The highest BCUT2D eigenvalue weighted by molar-refractivity contribution is 7.89. The summed E-state index contributed by atoms with van der Waals surface area (Å²) in [5, 5.41) is 22.4. The lowest BCUT2D eigenvalue weighted by atomic mass is 9.82. The van der Waals surface area contributed by atoms with Gasteiger partial charge in [-0.1, -0.05) is 91.5 Å². The molecule has 0 spiro atoms. The van der Waals surface area contributed by atoms with Crippen molar-refractivity contribution in [3.63, 3.8) is 0 Å². The SMILES string of the molecule is C=CCNC(=O)C(O)C(CCC)NC(=O)[C@@H]1C(C(C)C)CCN1C(=O)[C@@H](NC(=O)N[C@H](CN1Cc2ccccc2S1(=O)=O)C(C)(C)C)C1CCCCC1. The Morgan fingerprint density at radius 3 is 2.30 bits per heavy atom. The van der Waals surface area contributed by atoms with Crippen LogP contribution in [-0.4, -0.2) is 96.4 Å². The molecule has 6 atom stereocenters. The molecule has 5 amide bonds. The Labute approximate surface area is 316 Å². The number of benzene rings is 1. The summed E-state index contributed by atoms with van der Waals surface area (Å²) in [5.74, 6) is -1.65. The average molecular weight is 759 g/mol. The van der Waals surface area contributed by atoms with E-state index in [9.17, 15) is 32.7 Å². The minimum absolute atomic E-state index is 0.0524. The van der Waals surface area contributed by atoms with Crippen LogP contribution >= 0.6 is 0 Å². The predicted molar refractivity (Wildman–Crippen MR) is 204 cm³/mol. The van der Waals surface area contributed by atoms with Gasteiger partial charge in [-0.05, 0) is 60.5 Å². The van der Waals surface area contributed by atoms with Crippen LogP contribution in [0.5, 0.6) is 0 Å². The van der Waals surface area contributed by atoms with Gasteiger partial charge in [0.05, 0.1) is 10.9 Å². The molecule has 1 aromatic carbocycles. The van der Waals surface area contributed by atoms with Crippen LogP contribution < -0.4 is 21.3 Å². The molecule has 0 bridgehead atoms. The molecule has 3 unspecified atom stereocenters. The molecule has 14 heteroatoms. The highest BCUT2D eigenvalue weighted by Gasteiger charge is 2.47. The number of likely N-dealkylation sites (tertiary alicyclic amines) is 1. The first-order chi connectivity index (χ1) is 25.0. The van der Waals surface area contributed by atoms with Gasteiger partial charge in [0, 0.05) is 32.2 Å². The molecule has 1 saturated carbocycles. The van der Waals surface area contributed by atoms with Gasteiger partial charge in [0.1, 0.15) is 12.1 Å². The maximum absolute atomic E-state index is 14.7. The summed E-state index contributed by atoms with van der Waals surface area (Å²) in [6.07, 6.45) is 5.92. The van der Waals surface area contributed by atoms with Gasteiger partial charge in [-0.25, -0.2) is 13.2 Å². The zero-order valence-electron chi connectivity index (χ0n) is 32.4. The van der Waals surface area contributed by atoms with E-state index in [1.54, 1.807) is 23.1 Å². The number of fused-ring (bicyclic) bond motifs is 1. The number of aliphatic hydroxyl groups excluding tert-OH is 1. The second kappa shape index (κ2) is 18.2. The summed E-state index contributed by atoms with van der Waals surface area (Å²) in [7, 11) is -3.73. The largest absolute Gasteiger partial charge is 0.381 e. The molecule has 1 aliphatic carbocycles. The molecule has 13 nitrogen and oxygen atoms in total. The summed E-state index contributed by atoms with van der Waals surface area (Å²) in [5.41, 5.74) is 0.180. The zero-order valence-corrected chi connectivity index (χ0v) is 33.2. The molecule has 1 saturated heterocycles. The van der Waals surface area contributed by atoms with Gasteiger partial charge >= 0.3 is 6.03 Å². The van der Waals surface area contributed by atoms with Crippen LogP contribution in [0, 0.1) is 23.2 Å². The Morgan fingerprint density at radius 1 is 1.02 bits per heavy atom. The zero-order chi connectivity index (χ0) is 39.1. The van der Waals surface area contributed by atoms with E-state index in [0.717, 1.165) is 32.1 Å². The number of sulfonamides is 1. The highest BCUT2D eigenvalue weighted by atomic mass is 32.2. The average Bonchev–Trinajstić information content (AvgIpc) is 3.67. The lowest BCUT2D eigenvalue weighted by Gasteiger charge is -2.38.